The number of rotatable bonds is 10. The topological polar surface area (TPSA) is 194 Å². The molecule has 4 amide bonds. The van der Waals surface area contributed by atoms with Crippen LogP contribution in [0.15, 0.2) is 30.4 Å². The standard InChI is InChI=1S/C42H55F2N5O10S/c1-6-24(2)48(39(53)54)31-13-11-9-7-8-10-12-26-21-42(26,38(52)47-60(55,56)40(18-19-40)23-57-4)46-36(50)32-22-41(25(3)49(32)37(31)51)17-16-28-29-20-27(58-5)14-15-30(29)45-33(35(43)44)34(28)59-41/h10,12,14-15,20,24-26,31-32,35H,6-9,11,13,16-19,21-23H2,1-5H3,(H,46,50)(H,47,52)(H,53,54)/b12-10-/t24?,25?,26-,31+,32+,41-,42-/m1/s1. The summed E-state index contributed by atoms with van der Waals surface area (Å²) in [7, 11) is -1.36. The van der Waals surface area contributed by atoms with Crippen molar-refractivity contribution in [2.24, 2.45) is 5.92 Å². The third-order valence-electron chi connectivity index (χ3n) is 13.6. The second-order valence-corrected chi connectivity index (χ2v) is 19.2. The van der Waals surface area contributed by atoms with Crippen molar-refractivity contribution in [1.29, 1.82) is 0 Å². The fourth-order valence-corrected chi connectivity index (χ4v) is 11.1. The number of methoxy groups -OCH3 is 2. The zero-order chi connectivity index (χ0) is 43.4. The van der Waals surface area contributed by atoms with Crippen LogP contribution in [0.5, 0.6) is 11.5 Å². The molecule has 3 aliphatic heterocycles. The van der Waals surface area contributed by atoms with Gasteiger partial charge in [-0.25, -0.2) is 27.0 Å². The highest BCUT2D eigenvalue weighted by Gasteiger charge is 2.65. The molecule has 7 rings (SSSR count). The van der Waals surface area contributed by atoms with Gasteiger partial charge in [0.25, 0.3) is 12.3 Å². The van der Waals surface area contributed by atoms with Gasteiger partial charge in [0.15, 0.2) is 5.75 Å². The lowest BCUT2D eigenvalue weighted by atomic mass is 9.83. The van der Waals surface area contributed by atoms with Crippen LogP contribution >= 0.6 is 0 Å². The van der Waals surface area contributed by atoms with Gasteiger partial charge in [-0.05, 0) is 89.8 Å². The van der Waals surface area contributed by atoms with Gasteiger partial charge in [-0.2, -0.15) is 0 Å². The van der Waals surface area contributed by atoms with Gasteiger partial charge in [0.1, 0.15) is 39.4 Å². The summed E-state index contributed by atoms with van der Waals surface area (Å²) in [6.45, 7) is 5.07. The summed E-state index contributed by atoms with van der Waals surface area (Å²) in [5.41, 5.74) is -2.91. The average Bonchev–Trinajstić information content (AvgIpc) is 4.13. The second-order valence-electron chi connectivity index (χ2n) is 17.1. The first kappa shape index (κ1) is 43.5. The number of fused-ring (bicyclic) bond motifs is 5. The molecule has 328 valence electrons. The SMILES string of the molecule is CCC(C)N(C(=O)O)[C@H]1CCCCC/C=C\[C@@H]2C[C@@]2(C(=O)NS(=O)(=O)C2(COC)CC2)NC(=O)[C@@H]2C[C@]3(CCc4c(c(C(F)F)nc5ccc(OC)cc45)O3)C(C)N2C1=O. The van der Waals surface area contributed by atoms with Gasteiger partial charge in [0, 0.05) is 36.4 Å². The maximum atomic E-state index is 15.2. The molecular weight excluding hydrogens is 805 g/mol. The summed E-state index contributed by atoms with van der Waals surface area (Å²) in [5.74, 6) is -2.58. The number of allylic oxidation sites excluding steroid dienone is 1. The fraction of sp³-hybridized carbons (Fsp3) is 0.643. The Morgan fingerprint density at radius 2 is 1.90 bits per heavy atom. The molecule has 4 heterocycles. The van der Waals surface area contributed by atoms with Crippen molar-refractivity contribution in [2.45, 2.75) is 144 Å². The molecule has 2 aliphatic carbocycles. The Kier molecular flexibility index (Phi) is 11.9. The molecule has 1 spiro atoms. The molecule has 60 heavy (non-hydrogen) atoms. The van der Waals surface area contributed by atoms with E-state index in [1.54, 1.807) is 38.1 Å². The number of hydrogen-bond acceptors (Lipinski definition) is 10. The minimum atomic E-state index is -4.23. The van der Waals surface area contributed by atoms with E-state index in [4.69, 9.17) is 14.2 Å². The monoisotopic (exact) mass is 859 g/mol. The number of amides is 4. The molecule has 18 heteroatoms. The van der Waals surface area contributed by atoms with Crippen molar-refractivity contribution in [3.8, 4) is 11.5 Å². The zero-order valence-electron chi connectivity index (χ0n) is 34.7. The number of carboxylic acid groups (broad SMARTS) is 1. The number of pyridine rings is 1. The number of hydrogen-bond donors (Lipinski definition) is 3. The summed E-state index contributed by atoms with van der Waals surface area (Å²) in [6, 6.07) is 0.804. The van der Waals surface area contributed by atoms with Crippen LogP contribution in [-0.4, -0.2) is 113 Å². The Balaban J connectivity index is 1.31. The molecule has 5 aliphatic rings. The van der Waals surface area contributed by atoms with Crippen LogP contribution in [0, 0.1) is 5.92 Å². The number of nitrogens with zero attached hydrogens (tertiary/aromatic N) is 3. The molecule has 2 unspecified atom stereocenters. The van der Waals surface area contributed by atoms with Gasteiger partial charge < -0.3 is 29.5 Å². The number of nitrogens with one attached hydrogen (secondary N) is 2. The van der Waals surface area contributed by atoms with E-state index in [0.29, 0.717) is 67.2 Å². The van der Waals surface area contributed by atoms with Gasteiger partial charge in [-0.1, -0.05) is 31.9 Å². The van der Waals surface area contributed by atoms with E-state index in [9.17, 15) is 36.7 Å². The third-order valence-corrected chi connectivity index (χ3v) is 15.7. The van der Waals surface area contributed by atoms with Crippen molar-refractivity contribution in [2.75, 3.05) is 20.8 Å². The minimum Gasteiger partial charge on any atom is -0.497 e. The van der Waals surface area contributed by atoms with Crippen LogP contribution in [0.25, 0.3) is 10.9 Å². The Hall–Kier alpha value is -4.58. The minimum absolute atomic E-state index is 0.0858. The normalized spacial score (nSPS) is 29.8. The van der Waals surface area contributed by atoms with Crippen LogP contribution in [0.3, 0.4) is 0 Å². The number of sulfonamides is 1. The largest absolute Gasteiger partial charge is 0.497 e. The number of halogens is 2. The second kappa shape index (κ2) is 16.4. The fourth-order valence-electron chi connectivity index (χ4n) is 9.58. The quantitative estimate of drug-likeness (QED) is 0.259. The van der Waals surface area contributed by atoms with Crippen molar-refractivity contribution < 1.29 is 55.7 Å². The lowest BCUT2D eigenvalue weighted by molar-refractivity contribution is -0.146. The summed E-state index contributed by atoms with van der Waals surface area (Å²) in [6.07, 6.45) is 3.24. The number of alkyl halides is 2. The Bertz CT molecular complexity index is 2190. The highest BCUT2D eigenvalue weighted by atomic mass is 32.2. The number of carbonyl (C=O) groups is 4. The van der Waals surface area contributed by atoms with E-state index in [0.717, 1.165) is 4.90 Å². The van der Waals surface area contributed by atoms with E-state index >= 15 is 4.79 Å². The summed E-state index contributed by atoms with van der Waals surface area (Å²) >= 11 is 0. The van der Waals surface area contributed by atoms with Crippen molar-refractivity contribution in [3.63, 3.8) is 0 Å². The lowest BCUT2D eigenvalue weighted by Gasteiger charge is -2.42. The van der Waals surface area contributed by atoms with Gasteiger partial charge in [-0.15, -0.1) is 0 Å². The highest BCUT2D eigenvalue weighted by Crippen LogP contribution is 2.51. The lowest BCUT2D eigenvalue weighted by Crippen LogP contribution is -2.61. The van der Waals surface area contributed by atoms with Crippen LogP contribution in [-0.2, 0) is 35.6 Å². The molecule has 0 radical (unpaired) electrons. The Labute approximate surface area is 348 Å². The molecule has 1 aromatic heterocycles. The van der Waals surface area contributed by atoms with Crippen LogP contribution < -0.4 is 19.5 Å². The summed E-state index contributed by atoms with van der Waals surface area (Å²) in [4.78, 5) is 64.0. The smallest absolute Gasteiger partial charge is 0.408 e. The molecule has 1 saturated heterocycles. The van der Waals surface area contributed by atoms with E-state index in [1.165, 1.54) is 19.1 Å². The van der Waals surface area contributed by atoms with Crippen LogP contribution in [0.2, 0.25) is 0 Å². The van der Waals surface area contributed by atoms with Crippen molar-refractivity contribution in [1.82, 2.24) is 24.8 Å². The summed E-state index contributed by atoms with van der Waals surface area (Å²) < 4.78 is 75.1. The predicted octanol–water partition coefficient (Wildman–Crippen LogP) is 5.40. The molecule has 3 fully saturated rings. The van der Waals surface area contributed by atoms with Gasteiger partial charge in [-0.3, -0.25) is 24.0 Å². The number of aromatic nitrogens is 1. The number of ether oxygens (including phenoxy) is 3. The van der Waals surface area contributed by atoms with Gasteiger partial charge in [0.05, 0.1) is 25.3 Å². The molecule has 0 bridgehead atoms. The predicted molar refractivity (Wildman–Crippen MR) is 215 cm³/mol. The number of aryl methyl sites for hydroxylation is 1. The number of carbonyl (C=O) groups excluding carboxylic acids is 3. The molecule has 2 saturated carbocycles. The highest BCUT2D eigenvalue weighted by molar-refractivity contribution is 7.91. The first-order valence-corrected chi connectivity index (χ1v) is 22.3. The van der Waals surface area contributed by atoms with Gasteiger partial charge >= 0.3 is 6.09 Å². The van der Waals surface area contributed by atoms with E-state index in [-0.39, 0.29) is 44.5 Å². The Morgan fingerprint density at radius 1 is 1.15 bits per heavy atom. The molecule has 2 aromatic rings. The number of benzene rings is 1. The zero-order valence-corrected chi connectivity index (χ0v) is 35.5. The van der Waals surface area contributed by atoms with Crippen molar-refractivity contribution in [3.05, 3.63) is 41.6 Å². The molecule has 7 atom stereocenters. The van der Waals surface area contributed by atoms with Crippen molar-refractivity contribution >= 4 is 44.7 Å². The first-order chi connectivity index (χ1) is 28.5. The van der Waals surface area contributed by atoms with Crippen LogP contribution in [0.4, 0.5) is 13.6 Å². The maximum absolute atomic E-state index is 15.2. The molecule has 15 nitrogen and oxygen atoms in total. The summed E-state index contributed by atoms with van der Waals surface area (Å²) in [5, 5.41) is 14.0. The average molecular weight is 860 g/mol. The molecular formula is C42H55F2N5O10S. The van der Waals surface area contributed by atoms with E-state index in [2.05, 4.69) is 15.0 Å². The van der Waals surface area contributed by atoms with Gasteiger partial charge in [0.2, 0.25) is 21.8 Å². The Morgan fingerprint density at radius 3 is 2.55 bits per heavy atom. The molecule has 3 N–H and O–H groups in total. The maximum Gasteiger partial charge on any atom is 0.408 e. The first-order valence-electron chi connectivity index (χ1n) is 20.8. The van der Waals surface area contributed by atoms with Crippen LogP contribution in [0.1, 0.15) is 109 Å². The molecule has 1 aromatic carbocycles. The van der Waals surface area contributed by atoms with E-state index in [1.807, 2.05) is 13.0 Å². The van der Waals surface area contributed by atoms with E-state index < -0.39 is 91.9 Å². The third kappa shape index (κ3) is 7.55.